The third-order valence-corrected chi connectivity index (χ3v) is 4.21. The number of carbonyl (C=O) groups is 1. The number of hydrogen-bond donors (Lipinski definition) is 1. The number of hydrogen-bond acceptors (Lipinski definition) is 4. The van der Waals surface area contributed by atoms with Crippen molar-refractivity contribution in [3.63, 3.8) is 0 Å². The van der Waals surface area contributed by atoms with Gasteiger partial charge in [-0.25, -0.2) is 13.4 Å². The van der Waals surface area contributed by atoms with Crippen LogP contribution in [0.25, 0.3) is 0 Å². The van der Waals surface area contributed by atoms with E-state index in [0.29, 0.717) is 5.69 Å². The summed E-state index contributed by atoms with van der Waals surface area (Å²) in [5, 5.41) is 2.66. The van der Waals surface area contributed by atoms with Gasteiger partial charge in [0, 0.05) is 10.7 Å². The van der Waals surface area contributed by atoms with E-state index in [1.165, 1.54) is 18.3 Å². The minimum Gasteiger partial charge on any atom is -0.324 e. The summed E-state index contributed by atoms with van der Waals surface area (Å²) in [7, 11) is -3.33. The molecule has 0 spiro atoms. The van der Waals surface area contributed by atoms with Crippen LogP contribution in [0.2, 0.25) is 0 Å². The highest BCUT2D eigenvalue weighted by Gasteiger charge is 2.09. The van der Waals surface area contributed by atoms with Crippen molar-refractivity contribution in [1.29, 1.82) is 0 Å². The van der Waals surface area contributed by atoms with Crippen LogP contribution >= 0.6 is 15.9 Å². The summed E-state index contributed by atoms with van der Waals surface area (Å²) in [5.41, 5.74) is 1.35. The zero-order valence-electron chi connectivity index (χ0n) is 11.2. The molecule has 0 atom stereocenters. The van der Waals surface area contributed by atoms with Crippen molar-refractivity contribution in [3.05, 3.63) is 52.6 Å². The van der Waals surface area contributed by atoms with Crippen LogP contribution < -0.4 is 5.32 Å². The molecular formula is C14H13BrN2O3S. The molecule has 2 aromatic rings. The number of pyridine rings is 1. The van der Waals surface area contributed by atoms with Gasteiger partial charge in [-0.3, -0.25) is 4.79 Å². The first-order chi connectivity index (χ1) is 9.84. The van der Waals surface area contributed by atoms with E-state index in [9.17, 15) is 13.2 Å². The summed E-state index contributed by atoms with van der Waals surface area (Å²) >= 11 is 3.33. The molecule has 1 heterocycles. The fraction of sp³-hybridized carbons (Fsp3) is 0.143. The molecule has 0 unspecified atom stereocenters. The number of nitrogens with one attached hydrogen (secondary N) is 1. The fourth-order valence-electron chi connectivity index (χ4n) is 1.67. The van der Waals surface area contributed by atoms with E-state index in [0.717, 1.165) is 16.3 Å². The maximum Gasteiger partial charge on any atom is 0.228 e. The lowest BCUT2D eigenvalue weighted by molar-refractivity contribution is -0.115. The molecule has 1 N–H and O–H groups in total. The Morgan fingerprint density at radius 2 is 1.86 bits per heavy atom. The number of benzene rings is 1. The zero-order chi connectivity index (χ0) is 15.5. The number of sulfone groups is 1. The Hall–Kier alpha value is -1.73. The molecular weight excluding hydrogens is 356 g/mol. The van der Waals surface area contributed by atoms with Gasteiger partial charge in [-0.15, -0.1) is 0 Å². The molecule has 21 heavy (non-hydrogen) atoms. The Labute approximate surface area is 131 Å². The van der Waals surface area contributed by atoms with Gasteiger partial charge < -0.3 is 5.32 Å². The van der Waals surface area contributed by atoms with Gasteiger partial charge in [0.25, 0.3) is 0 Å². The largest absolute Gasteiger partial charge is 0.324 e. The lowest BCUT2D eigenvalue weighted by Crippen LogP contribution is -2.14. The van der Waals surface area contributed by atoms with Gasteiger partial charge in [0.2, 0.25) is 5.91 Å². The van der Waals surface area contributed by atoms with Gasteiger partial charge in [0.05, 0.1) is 18.3 Å². The molecule has 5 nitrogen and oxygen atoms in total. The van der Waals surface area contributed by atoms with Crippen molar-refractivity contribution in [2.45, 2.75) is 11.4 Å². The van der Waals surface area contributed by atoms with Crippen LogP contribution in [0, 0.1) is 0 Å². The maximum atomic E-state index is 11.9. The van der Waals surface area contributed by atoms with Crippen LogP contribution in [0.1, 0.15) is 5.56 Å². The molecule has 0 radical (unpaired) electrons. The molecule has 110 valence electrons. The number of carbonyl (C=O) groups excluding carboxylic acids is 1. The van der Waals surface area contributed by atoms with Crippen LogP contribution in [-0.4, -0.2) is 25.6 Å². The van der Waals surface area contributed by atoms with Crippen LogP contribution in [0.3, 0.4) is 0 Å². The fourth-order valence-corrected chi connectivity index (χ4v) is 2.49. The number of anilines is 1. The van der Waals surface area contributed by atoms with E-state index in [2.05, 4.69) is 26.2 Å². The number of halogens is 1. The van der Waals surface area contributed by atoms with E-state index in [-0.39, 0.29) is 17.4 Å². The molecule has 0 fully saturated rings. The van der Waals surface area contributed by atoms with Gasteiger partial charge in [-0.2, -0.15) is 0 Å². The Bertz CT molecular complexity index is 741. The molecule has 1 amide bonds. The first kappa shape index (κ1) is 15.7. The predicted molar refractivity (Wildman–Crippen MR) is 83.8 cm³/mol. The van der Waals surface area contributed by atoms with E-state index < -0.39 is 9.84 Å². The normalized spacial score (nSPS) is 11.1. The second-order valence-corrected chi connectivity index (χ2v) is 7.39. The average Bonchev–Trinajstić information content (AvgIpc) is 2.41. The van der Waals surface area contributed by atoms with E-state index in [4.69, 9.17) is 0 Å². The predicted octanol–water partition coefficient (Wildman–Crippen LogP) is 2.43. The first-order valence-electron chi connectivity index (χ1n) is 6.05. The molecule has 0 saturated carbocycles. The Kier molecular flexibility index (Phi) is 4.74. The summed E-state index contributed by atoms with van der Waals surface area (Å²) < 4.78 is 23.5. The van der Waals surface area contributed by atoms with Crippen molar-refractivity contribution >= 4 is 37.4 Å². The number of aromatic nitrogens is 1. The minimum atomic E-state index is -3.33. The van der Waals surface area contributed by atoms with E-state index in [1.807, 2.05) is 24.3 Å². The van der Waals surface area contributed by atoms with Crippen LogP contribution in [0.4, 0.5) is 5.69 Å². The van der Waals surface area contributed by atoms with Gasteiger partial charge in [0.15, 0.2) is 14.9 Å². The van der Waals surface area contributed by atoms with Gasteiger partial charge >= 0.3 is 0 Å². The van der Waals surface area contributed by atoms with Gasteiger partial charge in [-0.1, -0.05) is 28.1 Å². The van der Waals surface area contributed by atoms with Crippen molar-refractivity contribution in [2.24, 2.45) is 0 Å². The monoisotopic (exact) mass is 368 g/mol. The van der Waals surface area contributed by atoms with E-state index in [1.54, 1.807) is 0 Å². The molecule has 1 aromatic heterocycles. The summed E-state index contributed by atoms with van der Waals surface area (Å²) in [6.45, 7) is 0. The third-order valence-electron chi connectivity index (χ3n) is 2.68. The molecule has 0 aliphatic rings. The molecule has 0 aliphatic carbocycles. The van der Waals surface area contributed by atoms with Crippen LogP contribution in [0.5, 0.6) is 0 Å². The lowest BCUT2D eigenvalue weighted by Gasteiger charge is -2.06. The number of nitrogens with zero attached hydrogens (tertiary/aromatic N) is 1. The van der Waals surface area contributed by atoms with E-state index >= 15 is 0 Å². The SMILES string of the molecule is CS(=O)(=O)c1ccc(NC(=O)Cc2ccc(Br)cc2)cn1. The highest BCUT2D eigenvalue weighted by molar-refractivity contribution is 9.10. The minimum absolute atomic E-state index is 0.0200. The molecule has 1 aromatic carbocycles. The van der Waals surface area contributed by atoms with Crippen molar-refractivity contribution in [2.75, 3.05) is 11.6 Å². The average molecular weight is 369 g/mol. The second kappa shape index (κ2) is 6.36. The zero-order valence-corrected chi connectivity index (χ0v) is 13.6. The smallest absolute Gasteiger partial charge is 0.228 e. The van der Waals surface area contributed by atoms with Crippen molar-refractivity contribution in [3.8, 4) is 0 Å². The van der Waals surface area contributed by atoms with Crippen molar-refractivity contribution < 1.29 is 13.2 Å². The molecule has 0 saturated heterocycles. The Morgan fingerprint density at radius 3 is 2.38 bits per heavy atom. The summed E-state index contributed by atoms with van der Waals surface area (Å²) in [5.74, 6) is -0.189. The summed E-state index contributed by atoms with van der Waals surface area (Å²) in [4.78, 5) is 15.7. The quantitative estimate of drug-likeness (QED) is 0.898. The Morgan fingerprint density at radius 1 is 1.19 bits per heavy atom. The first-order valence-corrected chi connectivity index (χ1v) is 8.73. The molecule has 7 heteroatoms. The Balaban J connectivity index is 2.01. The molecule has 2 rings (SSSR count). The third kappa shape index (κ3) is 4.64. The van der Waals surface area contributed by atoms with Crippen molar-refractivity contribution in [1.82, 2.24) is 4.98 Å². The highest BCUT2D eigenvalue weighted by atomic mass is 79.9. The summed E-state index contributed by atoms with van der Waals surface area (Å²) in [6, 6.07) is 10.3. The lowest BCUT2D eigenvalue weighted by atomic mass is 10.1. The number of rotatable bonds is 4. The number of amides is 1. The van der Waals surface area contributed by atoms with Gasteiger partial charge in [0.1, 0.15) is 0 Å². The standard InChI is InChI=1S/C14H13BrN2O3S/c1-21(19,20)14-7-6-12(9-16-14)17-13(18)8-10-2-4-11(15)5-3-10/h2-7,9H,8H2,1H3,(H,17,18). The van der Waals surface area contributed by atoms with Crippen LogP contribution in [0.15, 0.2) is 52.1 Å². The summed E-state index contributed by atoms with van der Waals surface area (Å²) in [6.07, 6.45) is 2.65. The van der Waals surface area contributed by atoms with Crippen LogP contribution in [-0.2, 0) is 21.1 Å². The topological polar surface area (TPSA) is 76.1 Å². The second-order valence-electron chi connectivity index (χ2n) is 4.51. The highest BCUT2D eigenvalue weighted by Crippen LogP contribution is 2.13. The molecule has 0 aliphatic heterocycles. The maximum absolute atomic E-state index is 11.9. The molecule has 0 bridgehead atoms. The van der Waals surface area contributed by atoms with Gasteiger partial charge in [-0.05, 0) is 29.8 Å².